The molecular formula is C30H21Cl2FN2O. The number of amides is 1. The summed E-state index contributed by atoms with van der Waals surface area (Å²) < 4.78 is 15.7. The van der Waals surface area contributed by atoms with Gasteiger partial charge in [-0.1, -0.05) is 71.7 Å². The third-order valence-electron chi connectivity index (χ3n) is 6.93. The minimum absolute atomic E-state index is 0.0546. The zero-order valence-electron chi connectivity index (χ0n) is 19.4. The molecule has 0 N–H and O–H groups in total. The molecule has 1 amide bonds. The molecule has 0 bridgehead atoms. The molecule has 0 aliphatic carbocycles. The van der Waals surface area contributed by atoms with Gasteiger partial charge in [0, 0.05) is 46.2 Å². The number of aryl methyl sites for hydroxylation is 1. The van der Waals surface area contributed by atoms with Crippen LogP contribution in [0.2, 0.25) is 10.0 Å². The van der Waals surface area contributed by atoms with E-state index >= 15 is 0 Å². The lowest BCUT2D eigenvalue weighted by atomic mass is 9.93. The van der Waals surface area contributed by atoms with E-state index in [4.69, 9.17) is 23.2 Å². The lowest BCUT2D eigenvalue weighted by Gasteiger charge is -2.27. The monoisotopic (exact) mass is 514 g/mol. The van der Waals surface area contributed by atoms with Crippen molar-refractivity contribution in [2.75, 3.05) is 0 Å². The summed E-state index contributed by atoms with van der Waals surface area (Å²) in [6, 6.07) is 27.3. The van der Waals surface area contributed by atoms with Gasteiger partial charge in [0.25, 0.3) is 5.91 Å². The van der Waals surface area contributed by atoms with Crippen molar-refractivity contribution in [2.24, 2.45) is 7.05 Å². The number of halogens is 3. The highest BCUT2D eigenvalue weighted by Crippen LogP contribution is 2.48. The maximum atomic E-state index is 13.8. The minimum Gasteiger partial charge on any atom is -0.343 e. The molecule has 0 fully saturated rings. The first kappa shape index (κ1) is 22.8. The van der Waals surface area contributed by atoms with Crippen LogP contribution in [0.4, 0.5) is 4.39 Å². The third-order valence-corrected chi connectivity index (χ3v) is 7.48. The summed E-state index contributed by atoms with van der Waals surface area (Å²) in [6.07, 6.45) is 0. The number of hydrogen-bond donors (Lipinski definition) is 0. The first-order valence-corrected chi connectivity index (χ1v) is 12.4. The van der Waals surface area contributed by atoms with E-state index in [-0.39, 0.29) is 17.8 Å². The average molecular weight is 515 g/mol. The topological polar surface area (TPSA) is 25.2 Å². The van der Waals surface area contributed by atoms with Crippen LogP contribution < -0.4 is 0 Å². The van der Waals surface area contributed by atoms with E-state index in [1.54, 1.807) is 18.2 Å². The molecule has 0 saturated heterocycles. The van der Waals surface area contributed by atoms with E-state index in [9.17, 15) is 9.18 Å². The van der Waals surface area contributed by atoms with E-state index in [1.807, 2.05) is 60.5 Å². The molecule has 6 heteroatoms. The lowest BCUT2D eigenvalue weighted by Crippen LogP contribution is -2.28. The highest BCUT2D eigenvalue weighted by atomic mass is 35.5. The summed E-state index contributed by atoms with van der Waals surface area (Å²) in [5, 5.41) is 2.14. The largest absolute Gasteiger partial charge is 0.343 e. The quantitative estimate of drug-likeness (QED) is 0.238. The SMILES string of the molecule is Cn1c(-c2ccc(Cl)cc2Cl)c([C@@H]2c3ccccc3C(=O)N2Cc2ccc(F)cc2)c2ccccc21. The van der Waals surface area contributed by atoms with Crippen LogP contribution in [-0.2, 0) is 13.6 Å². The first-order chi connectivity index (χ1) is 17.4. The molecule has 4 aromatic carbocycles. The van der Waals surface area contributed by atoms with Crippen LogP contribution in [0.25, 0.3) is 22.2 Å². The molecule has 1 aliphatic heterocycles. The van der Waals surface area contributed by atoms with Crippen molar-refractivity contribution in [3.05, 3.63) is 129 Å². The second kappa shape index (κ2) is 8.81. The molecule has 0 saturated carbocycles. The maximum absolute atomic E-state index is 13.8. The summed E-state index contributed by atoms with van der Waals surface area (Å²) in [5.41, 5.74) is 6.27. The Morgan fingerprint density at radius 3 is 2.36 bits per heavy atom. The van der Waals surface area contributed by atoms with Crippen LogP contribution >= 0.6 is 23.2 Å². The van der Waals surface area contributed by atoms with Gasteiger partial charge >= 0.3 is 0 Å². The molecule has 0 unspecified atom stereocenters. The number of aromatic nitrogens is 1. The molecule has 3 nitrogen and oxygen atoms in total. The van der Waals surface area contributed by atoms with Crippen molar-refractivity contribution >= 4 is 40.0 Å². The Morgan fingerprint density at radius 1 is 0.861 bits per heavy atom. The summed E-state index contributed by atoms with van der Waals surface area (Å²) in [7, 11) is 2.01. The Morgan fingerprint density at radius 2 is 1.58 bits per heavy atom. The van der Waals surface area contributed by atoms with Crippen LogP contribution in [0.15, 0.2) is 91.0 Å². The second-order valence-corrected chi connectivity index (χ2v) is 9.86. The van der Waals surface area contributed by atoms with Crippen molar-refractivity contribution in [3.63, 3.8) is 0 Å². The van der Waals surface area contributed by atoms with Crippen LogP contribution in [-0.4, -0.2) is 15.4 Å². The van der Waals surface area contributed by atoms with Crippen molar-refractivity contribution < 1.29 is 9.18 Å². The fraction of sp³-hybridized carbons (Fsp3) is 0.100. The van der Waals surface area contributed by atoms with E-state index in [0.29, 0.717) is 22.2 Å². The van der Waals surface area contributed by atoms with Crippen LogP contribution in [0, 0.1) is 5.82 Å². The zero-order valence-corrected chi connectivity index (χ0v) is 20.9. The van der Waals surface area contributed by atoms with E-state index in [2.05, 4.69) is 16.7 Å². The molecule has 0 spiro atoms. The van der Waals surface area contributed by atoms with Gasteiger partial charge in [-0.2, -0.15) is 0 Å². The van der Waals surface area contributed by atoms with Crippen LogP contribution in [0.5, 0.6) is 0 Å². The molecule has 0 radical (unpaired) electrons. The van der Waals surface area contributed by atoms with Gasteiger partial charge in [0.1, 0.15) is 5.82 Å². The first-order valence-electron chi connectivity index (χ1n) is 11.6. The number of rotatable bonds is 4. The van der Waals surface area contributed by atoms with Crippen molar-refractivity contribution in [1.29, 1.82) is 0 Å². The minimum atomic E-state index is -0.355. The third kappa shape index (κ3) is 3.60. The Bertz CT molecular complexity index is 1640. The zero-order chi connectivity index (χ0) is 25.0. The molecule has 1 aromatic heterocycles. The van der Waals surface area contributed by atoms with Gasteiger partial charge in [0.2, 0.25) is 0 Å². The number of fused-ring (bicyclic) bond motifs is 2. The predicted octanol–water partition coefficient (Wildman–Crippen LogP) is 8.04. The standard InChI is InChI=1S/C30H21Cl2FN2O/c1-34-26-9-5-4-8-24(26)27(28(34)23-15-12-19(31)16-25(23)32)29-21-6-2-3-7-22(21)30(36)35(29)17-18-10-13-20(33)14-11-18/h2-16,29H,17H2,1H3/t29-/m0/s1. The van der Waals surface area contributed by atoms with Crippen LogP contribution in [0.3, 0.4) is 0 Å². The molecule has 1 atom stereocenters. The van der Waals surface area contributed by atoms with Gasteiger partial charge in [0.15, 0.2) is 0 Å². The van der Waals surface area contributed by atoms with Gasteiger partial charge in [0.05, 0.1) is 16.8 Å². The Kier molecular flexibility index (Phi) is 5.59. The fourth-order valence-electron chi connectivity index (χ4n) is 5.34. The van der Waals surface area contributed by atoms with E-state index in [1.165, 1.54) is 12.1 Å². The molecule has 6 rings (SSSR count). The number of benzene rings is 4. The highest BCUT2D eigenvalue weighted by molar-refractivity contribution is 6.36. The maximum Gasteiger partial charge on any atom is 0.255 e. The van der Waals surface area contributed by atoms with E-state index in [0.717, 1.165) is 38.9 Å². The van der Waals surface area contributed by atoms with Gasteiger partial charge in [-0.15, -0.1) is 0 Å². The van der Waals surface area contributed by atoms with Crippen molar-refractivity contribution in [3.8, 4) is 11.3 Å². The van der Waals surface area contributed by atoms with Gasteiger partial charge in [-0.25, -0.2) is 4.39 Å². The van der Waals surface area contributed by atoms with Crippen molar-refractivity contribution in [1.82, 2.24) is 9.47 Å². The predicted molar refractivity (Wildman–Crippen MR) is 143 cm³/mol. The number of carbonyl (C=O) groups is 1. The van der Waals surface area contributed by atoms with Gasteiger partial charge in [-0.05, 0) is 53.6 Å². The highest BCUT2D eigenvalue weighted by Gasteiger charge is 2.40. The number of para-hydroxylation sites is 1. The summed E-state index contributed by atoms with van der Waals surface area (Å²) >= 11 is 13.0. The smallest absolute Gasteiger partial charge is 0.255 e. The number of carbonyl (C=O) groups excluding carboxylic acids is 1. The van der Waals surface area contributed by atoms with Crippen LogP contribution in [0.1, 0.15) is 33.1 Å². The molecule has 178 valence electrons. The van der Waals surface area contributed by atoms with E-state index < -0.39 is 0 Å². The van der Waals surface area contributed by atoms with Crippen molar-refractivity contribution in [2.45, 2.75) is 12.6 Å². The Hall–Kier alpha value is -3.60. The summed E-state index contributed by atoms with van der Waals surface area (Å²) in [5.74, 6) is -0.360. The molecule has 2 heterocycles. The van der Waals surface area contributed by atoms with Gasteiger partial charge in [-0.3, -0.25) is 4.79 Å². The average Bonchev–Trinajstić information content (AvgIpc) is 3.31. The molecule has 5 aromatic rings. The molecule has 36 heavy (non-hydrogen) atoms. The summed E-state index contributed by atoms with van der Waals surface area (Å²) in [4.78, 5) is 15.6. The number of hydrogen-bond acceptors (Lipinski definition) is 1. The normalized spacial score (nSPS) is 15.1. The fourth-order valence-corrected chi connectivity index (χ4v) is 5.84. The second-order valence-electron chi connectivity index (χ2n) is 9.01. The Labute approximate surface area is 218 Å². The number of nitrogens with zero attached hydrogens (tertiary/aromatic N) is 2. The summed E-state index contributed by atoms with van der Waals surface area (Å²) in [6.45, 7) is 0.343. The Balaban J connectivity index is 1.63. The van der Waals surface area contributed by atoms with Gasteiger partial charge < -0.3 is 9.47 Å². The lowest BCUT2D eigenvalue weighted by molar-refractivity contribution is 0.0737. The molecule has 1 aliphatic rings. The molecular weight excluding hydrogens is 494 g/mol.